The summed E-state index contributed by atoms with van der Waals surface area (Å²) in [7, 11) is -3.68. The zero-order chi connectivity index (χ0) is 17.2. The Hall–Kier alpha value is -1.61. The van der Waals surface area contributed by atoms with Crippen LogP contribution in [0.5, 0.6) is 0 Å². The standard InChI is InChI=1S/C16H15FN2O2S3/c1-2-12-10-22-16(19-12)14-7-8-15(23-14)24(20,21)18-9-11-5-3-4-6-13(11)17/h3-8,10,18H,2,9H2,1H3. The van der Waals surface area contributed by atoms with Crippen LogP contribution in [0.4, 0.5) is 4.39 Å². The molecule has 2 heterocycles. The molecule has 0 radical (unpaired) electrons. The van der Waals surface area contributed by atoms with Crippen molar-refractivity contribution in [2.75, 3.05) is 0 Å². The average Bonchev–Trinajstić information content (AvgIpc) is 3.23. The van der Waals surface area contributed by atoms with Gasteiger partial charge in [-0.25, -0.2) is 22.5 Å². The monoisotopic (exact) mass is 382 g/mol. The molecule has 2 aromatic heterocycles. The van der Waals surface area contributed by atoms with Gasteiger partial charge in [0.25, 0.3) is 0 Å². The number of benzene rings is 1. The number of aryl methyl sites for hydroxylation is 1. The van der Waals surface area contributed by atoms with Crippen LogP contribution in [0.15, 0.2) is 46.0 Å². The number of nitrogens with zero attached hydrogens (tertiary/aromatic N) is 1. The first-order valence-corrected chi connectivity index (χ1v) is 10.4. The second-order valence-electron chi connectivity index (χ2n) is 5.03. The Morgan fingerprint density at radius 2 is 2.00 bits per heavy atom. The topological polar surface area (TPSA) is 59.1 Å². The van der Waals surface area contributed by atoms with Gasteiger partial charge in [-0.2, -0.15) is 0 Å². The van der Waals surface area contributed by atoms with Crippen LogP contribution in [0.2, 0.25) is 0 Å². The van der Waals surface area contributed by atoms with Crippen LogP contribution in [-0.4, -0.2) is 13.4 Å². The predicted molar refractivity (Wildman–Crippen MR) is 95.2 cm³/mol. The summed E-state index contributed by atoms with van der Waals surface area (Å²) in [5.41, 5.74) is 1.30. The predicted octanol–water partition coefficient (Wildman–Crippen LogP) is 4.05. The summed E-state index contributed by atoms with van der Waals surface area (Å²) in [4.78, 5) is 5.27. The summed E-state index contributed by atoms with van der Waals surface area (Å²) in [6.45, 7) is 1.94. The SMILES string of the molecule is CCc1csc(-c2ccc(S(=O)(=O)NCc3ccccc3F)s2)n1. The molecule has 0 aliphatic rings. The zero-order valence-electron chi connectivity index (χ0n) is 12.8. The lowest BCUT2D eigenvalue weighted by Gasteiger charge is -2.05. The number of hydrogen-bond acceptors (Lipinski definition) is 5. The van der Waals surface area contributed by atoms with Gasteiger partial charge in [0, 0.05) is 17.5 Å². The van der Waals surface area contributed by atoms with Crippen molar-refractivity contribution in [1.29, 1.82) is 0 Å². The van der Waals surface area contributed by atoms with E-state index in [4.69, 9.17) is 0 Å². The number of aromatic nitrogens is 1. The van der Waals surface area contributed by atoms with Crippen molar-refractivity contribution in [1.82, 2.24) is 9.71 Å². The van der Waals surface area contributed by atoms with E-state index in [1.807, 2.05) is 12.3 Å². The molecule has 3 aromatic rings. The van der Waals surface area contributed by atoms with Crippen molar-refractivity contribution in [2.45, 2.75) is 24.1 Å². The fourth-order valence-corrected chi connectivity index (χ4v) is 5.38. The van der Waals surface area contributed by atoms with Crippen LogP contribution in [0, 0.1) is 5.82 Å². The van der Waals surface area contributed by atoms with Crippen molar-refractivity contribution in [3.8, 4) is 9.88 Å². The van der Waals surface area contributed by atoms with Gasteiger partial charge in [0.2, 0.25) is 10.0 Å². The number of rotatable bonds is 6. The summed E-state index contributed by atoms with van der Waals surface area (Å²) >= 11 is 2.66. The van der Waals surface area contributed by atoms with E-state index in [2.05, 4.69) is 9.71 Å². The minimum absolute atomic E-state index is 0.0839. The average molecular weight is 383 g/mol. The second-order valence-corrected chi connectivity index (χ2v) is 8.97. The summed E-state index contributed by atoms with van der Waals surface area (Å²) in [6, 6.07) is 9.40. The highest BCUT2D eigenvalue weighted by atomic mass is 32.2. The van der Waals surface area contributed by atoms with Crippen LogP contribution < -0.4 is 4.72 Å². The van der Waals surface area contributed by atoms with Gasteiger partial charge in [-0.3, -0.25) is 0 Å². The molecule has 4 nitrogen and oxygen atoms in total. The van der Waals surface area contributed by atoms with Crippen LogP contribution in [0.25, 0.3) is 9.88 Å². The molecule has 0 aliphatic carbocycles. The van der Waals surface area contributed by atoms with Crippen molar-refractivity contribution < 1.29 is 12.8 Å². The summed E-state index contributed by atoms with van der Waals surface area (Å²) < 4.78 is 41.0. The molecule has 0 atom stereocenters. The maximum Gasteiger partial charge on any atom is 0.250 e. The molecule has 0 fully saturated rings. The van der Waals surface area contributed by atoms with Crippen LogP contribution >= 0.6 is 22.7 Å². The van der Waals surface area contributed by atoms with Gasteiger partial charge in [-0.05, 0) is 24.6 Å². The molecule has 126 valence electrons. The Kier molecular flexibility index (Phi) is 5.09. The highest BCUT2D eigenvalue weighted by Gasteiger charge is 2.18. The Bertz CT molecular complexity index is 948. The molecule has 8 heteroatoms. The van der Waals surface area contributed by atoms with Crippen LogP contribution in [-0.2, 0) is 23.0 Å². The van der Waals surface area contributed by atoms with Crippen molar-refractivity contribution >= 4 is 32.7 Å². The number of hydrogen-bond donors (Lipinski definition) is 1. The number of halogens is 1. The molecule has 0 unspecified atom stereocenters. The van der Waals surface area contributed by atoms with Gasteiger partial charge in [0.05, 0.1) is 10.6 Å². The first kappa shape index (κ1) is 17.2. The molecule has 0 amide bonds. The molecule has 3 rings (SSSR count). The molecule has 0 bridgehead atoms. The molecule has 1 N–H and O–H groups in total. The molecular weight excluding hydrogens is 367 g/mol. The van der Waals surface area contributed by atoms with E-state index in [9.17, 15) is 12.8 Å². The summed E-state index contributed by atoms with van der Waals surface area (Å²) in [5, 5.41) is 2.78. The molecule has 0 aliphatic heterocycles. The van der Waals surface area contributed by atoms with E-state index in [1.54, 1.807) is 30.3 Å². The Morgan fingerprint density at radius 1 is 1.21 bits per heavy atom. The van der Waals surface area contributed by atoms with Crippen molar-refractivity contribution in [2.24, 2.45) is 0 Å². The van der Waals surface area contributed by atoms with Gasteiger partial charge in [-0.1, -0.05) is 25.1 Å². The fraction of sp³-hybridized carbons (Fsp3) is 0.188. The molecule has 24 heavy (non-hydrogen) atoms. The second kappa shape index (κ2) is 7.10. The van der Waals surface area contributed by atoms with Gasteiger partial charge in [-0.15, -0.1) is 22.7 Å². The highest BCUT2D eigenvalue weighted by Crippen LogP contribution is 2.32. The Morgan fingerprint density at radius 3 is 2.71 bits per heavy atom. The lowest BCUT2D eigenvalue weighted by atomic mass is 10.2. The van der Waals surface area contributed by atoms with E-state index in [1.165, 1.54) is 17.4 Å². The van der Waals surface area contributed by atoms with E-state index in [-0.39, 0.29) is 10.8 Å². The Labute approximate surface area is 148 Å². The third kappa shape index (κ3) is 3.72. The van der Waals surface area contributed by atoms with E-state index in [0.717, 1.165) is 33.3 Å². The highest BCUT2D eigenvalue weighted by molar-refractivity contribution is 7.91. The first-order valence-electron chi connectivity index (χ1n) is 7.27. The first-order chi connectivity index (χ1) is 11.5. The molecule has 0 spiro atoms. The minimum atomic E-state index is -3.68. The van der Waals surface area contributed by atoms with E-state index >= 15 is 0 Å². The van der Waals surface area contributed by atoms with Gasteiger partial charge in [0.1, 0.15) is 15.0 Å². The fourth-order valence-electron chi connectivity index (χ4n) is 2.05. The van der Waals surface area contributed by atoms with Gasteiger partial charge >= 0.3 is 0 Å². The van der Waals surface area contributed by atoms with Gasteiger partial charge in [0.15, 0.2) is 0 Å². The van der Waals surface area contributed by atoms with Crippen LogP contribution in [0.3, 0.4) is 0 Å². The number of sulfonamides is 1. The normalized spacial score (nSPS) is 11.8. The quantitative estimate of drug-likeness (QED) is 0.700. The maximum absolute atomic E-state index is 13.6. The smallest absolute Gasteiger partial charge is 0.240 e. The molecule has 0 saturated carbocycles. The third-order valence-corrected chi connectivity index (χ3v) is 7.42. The zero-order valence-corrected chi connectivity index (χ0v) is 15.3. The van der Waals surface area contributed by atoms with E-state index < -0.39 is 15.8 Å². The van der Waals surface area contributed by atoms with Gasteiger partial charge < -0.3 is 0 Å². The van der Waals surface area contributed by atoms with Crippen molar-refractivity contribution in [3.63, 3.8) is 0 Å². The lowest BCUT2D eigenvalue weighted by Crippen LogP contribution is -2.22. The Balaban J connectivity index is 1.77. The maximum atomic E-state index is 13.6. The molecule has 1 aromatic carbocycles. The molecular formula is C16H15FN2O2S3. The minimum Gasteiger partial charge on any atom is -0.240 e. The van der Waals surface area contributed by atoms with E-state index in [0.29, 0.717) is 5.56 Å². The summed E-state index contributed by atoms with van der Waals surface area (Å²) in [5.74, 6) is -0.429. The third-order valence-electron chi connectivity index (χ3n) is 3.38. The molecule has 0 saturated heterocycles. The van der Waals surface area contributed by atoms with Crippen LogP contribution in [0.1, 0.15) is 18.2 Å². The largest absolute Gasteiger partial charge is 0.250 e. The number of thiophene rings is 1. The summed E-state index contributed by atoms with van der Waals surface area (Å²) in [6.07, 6.45) is 0.844. The van der Waals surface area contributed by atoms with Crippen molar-refractivity contribution in [3.05, 3.63) is 58.9 Å². The number of nitrogens with one attached hydrogen (secondary N) is 1. The number of thiazole rings is 1. The lowest BCUT2D eigenvalue weighted by molar-refractivity contribution is 0.576.